The molecule has 0 bridgehead atoms. The Kier molecular flexibility index (Phi) is 22.9. The molecule has 350 valence electrons. The molecule has 61 heavy (non-hydrogen) atoms. The number of esters is 3. The zero-order valence-corrected chi connectivity index (χ0v) is 40.2. The van der Waals surface area contributed by atoms with Crippen LogP contribution in [0, 0.1) is 5.41 Å². The Morgan fingerprint density at radius 2 is 1.03 bits per heavy atom. The van der Waals surface area contributed by atoms with Gasteiger partial charge in [0, 0.05) is 48.1 Å². The largest absolute Gasteiger partial charge is 0.452 e. The summed E-state index contributed by atoms with van der Waals surface area (Å²) in [6, 6.07) is 0. The lowest BCUT2D eigenvalue weighted by molar-refractivity contribution is -0.151. The van der Waals surface area contributed by atoms with Gasteiger partial charge in [-0.25, -0.2) is 14.4 Å². The summed E-state index contributed by atoms with van der Waals surface area (Å²) in [5.41, 5.74) is -3.28. The minimum absolute atomic E-state index is 0.168. The van der Waals surface area contributed by atoms with E-state index in [0.29, 0.717) is 58.3 Å². The number of ether oxygens (including phenoxy) is 6. The summed E-state index contributed by atoms with van der Waals surface area (Å²) in [5.74, 6) is -3.15. The summed E-state index contributed by atoms with van der Waals surface area (Å²) in [7, 11) is 1.67. The van der Waals surface area contributed by atoms with Crippen LogP contribution in [-0.4, -0.2) is 122 Å². The van der Waals surface area contributed by atoms with Crippen molar-refractivity contribution in [3.05, 3.63) is 36.5 Å². The molecule has 0 saturated carbocycles. The zero-order valence-electron chi connectivity index (χ0n) is 40.2. The molecular weight excluding hydrogens is 787 g/mol. The molecule has 0 radical (unpaired) electrons. The van der Waals surface area contributed by atoms with E-state index in [2.05, 4.69) is 37.3 Å². The Hall–Kier alpha value is -4.08. The minimum atomic E-state index is -0.802. The monoisotopic (exact) mass is 866 g/mol. The molecule has 0 aliphatic rings. The Labute approximate surface area is 366 Å². The van der Waals surface area contributed by atoms with Crippen LogP contribution >= 0.6 is 0 Å². The van der Waals surface area contributed by atoms with Gasteiger partial charge in [-0.3, -0.25) is 14.4 Å². The topological polar surface area (TPSA) is 185 Å². The molecule has 0 fully saturated rings. The smallest absolute Gasteiger partial charge is 0.333 e. The molecule has 2 N–H and O–H groups in total. The predicted octanol–water partition coefficient (Wildman–Crippen LogP) is 6.32. The van der Waals surface area contributed by atoms with Crippen LogP contribution in [0.3, 0.4) is 0 Å². The van der Waals surface area contributed by atoms with Gasteiger partial charge in [-0.1, -0.05) is 33.6 Å². The number of hydrogen-bond donors (Lipinski definition) is 2. The number of nitrogens with zero attached hydrogens (tertiary/aromatic N) is 1. The number of carbonyl (C=O) groups is 6. The van der Waals surface area contributed by atoms with Gasteiger partial charge in [-0.15, -0.1) is 0 Å². The second kappa shape index (κ2) is 24.5. The van der Waals surface area contributed by atoms with Gasteiger partial charge in [-0.05, 0) is 127 Å². The van der Waals surface area contributed by atoms with Gasteiger partial charge >= 0.3 is 17.9 Å². The van der Waals surface area contributed by atoms with Crippen molar-refractivity contribution < 1.29 is 57.2 Å². The fraction of sp³-hybridized carbons (Fsp3) is 0.739. The molecular formula is C46H79N3O12. The molecule has 0 aliphatic carbocycles. The van der Waals surface area contributed by atoms with Gasteiger partial charge in [0.25, 0.3) is 17.7 Å². The maximum Gasteiger partial charge on any atom is 0.333 e. The van der Waals surface area contributed by atoms with Crippen molar-refractivity contribution in [3.8, 4) is 0 Å². The minimum Gasteiger partial charge on any atom is -0.452 e. The molecule has 15 heteroatoms. The van der Waals surface area contributed by atoms with Crippen LogP contribution in [0.1, 0.15) is 135 Å². The van der Waals surface area contributed by atoms with Crippen molar-refractivity contribution in [2.45, 2.75) is 163 Å². The van der Waals surface area contributed by atoms with Crippen molar-refractivity contribution in [1.82, 2.24) is 15.5 Å². The van der Waals surface area contributed by atoms with Crippen molar-refractivity contribution in [3.63, 3.8) is 0 Å². The number of rotatable bonds is 30. The van der Waals surface area contributed by atoms with Crippen LogP contribution in [0.15, 0.2) is 36.5 Å². The van der Waals surface area contributed by atoms with Crippen molar-refractivity contribution in [2.24, 2.45) is 5.41 Å². The van der Waals surface area contributed by atoms with Crippen molar-refractivity contribution >= 4 is 35.6 Å². The third-order valence-corrected chi connectivity index (χ3v) is 10.6. The van der Waals surface area contributed by atoms with Crippen molar-refractivity contribution in [1.29, 1.82) is 0 Å². The molecule has 0 spiro atoms. The summed E-state index contributed by atoms with van der Waals surface area (Å²) in [6.45, 7) is 36.6. The lowest BCUT2D eigenvalue weighted by Crippen LogP contribution is -2.51. The van der Waals surface area contributed by atoms with Crippen LogP contribution < -0.4 is 10.6 Å². The molecule has 2 unspecified atom stereocenters. The number of hydrogen-bond acceptors (Lipinski definition) is 12. The summed E-state index contributed by atoms with van der Waals surface area (Å²) in [5, 5.41) is 5.80. The highest BCUT2D eigenvalue weighted by Crippen LogP contribution is 2.43. The Morgan fingerprint density at radius 3 is 1.48 bits per heavy atom. The average Bonchev–Trinajstić information content (AvgIpc) is 3.14. The van der Waals surface area contributed by atoms with Gasteiger partial charge in [0.15, 0.2) is 19.8 Å². The molecule has 3 amide bonds. The van der Waals surface area contributed by atoms with Crippen LogP contribution in [0.2, 0.25) is 0 Å². The van der Waals surface area contributed by atoms with Gasteiger partial charge < -0.3 is 44.0 Å². The van der Waals surface area contributed by atoms with Gasteiger partial charge in [0.2, 0.25) is 0 Å². The second-order valence-corrected chi connectivity index (χ2v) is 19.2. The van der Waals surface area contributed by atoms with E-state index in [0.717, 1.165) is 0 Å². The van der Waals surface area contributed by atoms with Crippen LogP contribution in [0.4, 0.5) is 0 Å². The standard InChI is InChI=1S/C46H79N3O12/c1-19-45(17,61-30-42(11,12)48-36(51)26-58-39(54)33(5)6)29-46(20-2,31-56-23-21-41(9,10)47-35(50)25-57-38(53)32(3)4)28-44(15,16)60-24-22-43(13,14)49(18)37(52)27-59-40(55)34(7)8/h3,5,7,19-31H2,1-2,4,6,8-18H3,(H,47,50)(H,48,51). The zero-order chi connectivity index (χ0) is 47.6. The molecule has 15 nitrogen and oxygen atoms in total. The molecule has 0 heterocycles. The quantitative estimate of drug-likeness (QED) is 0.0355. The van der Waals surface area contributed by atoms with E-state index in [1.54, 1.807) is 11.9 Å². The Bertz CT molecular complexity index is 1570. The molecule has 0 aromatic rings. The van der Waals surface area contributed by atoms with E-state index in [9.17, 15) is 28.8 Å². The third kappa shape index (κ3) is 22.5. The number of nitrogens with one attached hydrogen (secondary N) is 2. The van der Waals surface area contributed by atoms with Gasteiger partial charge in [0.1, 0.15) is 0 Å². The highest BCUT2D eigenvalue weighted by atomic mass is 16.5. The van der Waals surface area contributed by atoms with Gasteiger partial charge in [0.05, 0.1) is 30.0 Å². The average molecular weight is 866 g/mol. The highest BCUT2D eigenvalue weighted by Gasteiger charge is 2.43. The molecule has 0 rings (SSSR count). The fourth-order valence-electron chi connectivity index (χ4n) is 6.38. The van der Waals surface area contributed by atoms with Crippen LogP contribution in [0.25, 0.3) is 0 Å². The van der Waals surface area contributed by atoms with Crippen LogP contribution in [-0.2, 0) is 57.2 Å². The van der Waals surface area contributed by atoms with Gasteiger partial charge in [-0.2, -0.15) is 0 Å². The van der Waals surface area contributed by atoms with E-state index in [1.165, 1.54) is 20.8 Å². The molecule has 2 atom stereocenters. The first-order valence-electron chi connectivity index (χ1n) is 21.0. The maximum atomic E-state index is 12.9. The van der Waals surface area contributed by atoms with Crippen molar-refractivity contribution in [2.75, 3.05) is 53.3 Å². The van der Waals surface area contributed by atoms with E-state index < -0.39 is 82.8 Å². The highest BCUT2D eigenvalue weighted by molar-refractivity contribution is 5.90. The first-order chi connectivity index (χ1) is 27.8. The van der Waals surface area contributed by atoms with E-state index in [1.807, 2.05) is 69.2 Å². The summed E-state index contributed by atoms with van der Waals surface area (Å²) >= 11 is 0. The fourth-order valence-corrected chi connectivity index (χ4v) is 6.38. The molecule has 0 saturated heterocycles. The first kappa shape index (κ1) is 56.9. The molecule has 0 aromatic heterocycles. The normalized spacial score (nSPS) is 14.1. The maximum absolute atomic E-state index is 12.9. The number of carbonyl (C=O) groups excluding carboxylic acids is 6. The van der Waals surface area contributed by atoms with Crippen LogP contribution in [0.5, 0.6) is 0 Å². The summed E-state index contributed by atoms with van der Waals surface area (Å²) < 4.78 is 34.8. The molecule has 0 aliphatic heterocycles. The first-order valence-corrected chi connectivity index (χ1v) is 21.0. The summed E-state index contributed by atoms with van der Waals surface area (Å²) in [4.78, 5) is 75.1. The Morgan fingerprint density at radius 1 is 0.574 bits per heavy atom. The summed E-state index contributed by atoms with van der Waals surface area (Å²) in [6.07, 6.45) is 3.45. The predicted molar refractivity (Wildman–Crippen MR) is 235 cm³/mol. The molecule has 0 aromatic carbocycles. The number of amides is 3. The van der Waals surface area contributed by atoms with E-state index in [4.69, 9.17) is 28.4 Å². The lowest BCUT2D eigenvalue weighted by Gasteiger charge is -2.46. The van der Waals surface area contributed by atoms with E-state index in [-0.39, 0.29) is 29.2 Å². The second-order valence-electron chi connectivity index (χ2n) is 19.2. The Balaban J connectivity index is 6.14. The SMILES string of the molecule is C=C(C)C(=O)OCC(=O)NC(C)(C)CCOCC(CC)(CC(C)(C)OCCC(C)(C)N(C)C(=O)COC(=O)C(=C)C)CC(C)(CC)OCC(C)(C)NC(=O)COC(=O)C(=C)C. The number of likely N-dealkylation sites (N-methyl/N-ethyl adjacent to an activating group) is 1. The third-order valence-electron chi connectivity index (χ3n) is 10.6. The lowest BCUT2D eigenvalue weighted by atomic mass is 9.69. The van der Waals surface area contributed by atoms with E-state index >= 15 is 0 Å².